The summed E-state index contributed by atoms with van der Waals surface area (Å²) in [6.07, 6.45) is 2.13. The Morgan fingerprint density at radius 2 is 2.18 bits per heavy atom. The Hall–Kier alpha value is -0.740. The molecule has 1 N–H and O–H groups in total. The highest BCUT2D eigenvalue weighted by Crippen LogP contribution is 2.14. The lowest BCUT2D eigenvalue weighted by molar-refractivity contribution is 0.724. The van der Waals surface area contributed by atoms with Crippen LogP contribution in [0.2, 0.25) is 0 Å². The molecule has 0 unspecified atom stereocenters. The molecule has 1 heterocycles. The van der Waals surface area contributed by atoms with Gasteiger partial charge < -0.3 is 10.2 Å². The van der Waals surface area contributed by atoms with Gasteiger partial charge in [0.25, 0.3) is 0 Å². The molecule has 0 aliphatic rings. The van der Waals surface area contributed by atoms with Gasteiger partial charge in [0.1, 0.15) is 5.82 Å². The molecule has 0 aliphatic heterocycles. The van der Waals surface area contributed by atoms with Gasteiger partial charge in [0, 0.05) is 31.6 Å². The predicted molar refractivity (Wildman–Crippen MR) is 78.0 cm³/mol. The van der Waals surface area contributed by atoms with Crippen molar-refractivity contribution >= 4 is 17.6 Å². The van der Waals surface area contributed by atoms with Gasteiger partial charge >= 0.3 is 0 Å². The Morgan fingerprint density at radius 1 is 1.41 bits per heavy atom. The smallest absolute Gasteiger partial charge is 0.128 e. The Morgan fingerprint density at radius 3 is 2.82 bits per heavy atom. The van der Waals surface area contributed by atoms with E-state index in [9.17, 15) is 0 Å². The molecule has 0 aliphatic carbocycles. The minimum absolute atomic E-state index is 0.920. The number of rotatable bonds is 7. The molecule has 0 amide bonds. The maximum atomic E-state index is 4.58. The van der Waals surface area contributed by atoms with Gasteiger partial charge in [-0.3, -0.25) is 0 Å². The summed E-state index contributed by atoms with van der Waals surface area (Å²) in [5.74, 6) is 2.21. The lowest BCUT2D eigenvalue weighted by atomic mass is 10.2. The summed E-state index contributed by atoms with van der Waals surface area (Å²) in [6.45, 7) is 7.14. The first-order chi connectivity index (χ1) is 8.17. The third kappa shape index (κ3) is 4.96. The Kier molecular flexibility index (Phi) is 6.37. The molecule has 0 saturated heterocycles. The summed E-state index contributed by atoms with van der Waals surface area (Å²) in [4.78, 5) is 6.80. The van der Waals surface area contributed by atoms with E-state index in [2.05, 4.69) is 54.5 Å². The van der Waals surface area contributed by atoms with Crippen molar-refractivity contribution in [2.45, 2.75) is 20.4 Å². The van der Waals surface area contributed by atoms with Crippen LogP contribution in [0.4, 0.5) is 5.82 Å². The molecule has 0 fully saturated rings. The van der Waals surface area contributed by atoms with E-state index >= 15 is 0 Å². The molecule has 17 heavy (non-hydrogen) atoms. The number of thioether (sulfide) groups is 1. The van der Waals surface area contributed by atoms with Crippen LogP contribution >= 0.6 is 11.8 Å². The van der Waals surface area contributed by atoms with Gasteiger partial charge in [-0.15, -0.1) is 0 Å². The summed E-state index contributed by atoms with van der Waals surface area (Å²) in [6, 6.07) is 4.32. The van der Waals surface area contributed by atoms with E-state index in [1.165, 1.54) is 5.56 Å². The molecule has 0 radical (unpaired) electrons. The van der Waals surface area contributed by atoms with Crippen LogP contribution in [0.25, 0.3) is 0 Å². The van der Waals surface area contributed by atoms with Gasteiger partial charge in [0.2, 0.25) is 0 Å². The van der Waals surface area contributed by atoms with Crippen LogP contribution in [0, 0.1) is 6.92 Å². The van der Waals surface area contributed by atoms with Gasteiger partial charge in [-0.05, 0) is 37.4 Å². The van der Waals surface area contributed by atoms with E-state index in [1.54, 1.807) is 0 Å². The van der Waals surface area contributed by atoms with Crippen LogP contribution < -0.4 is 10.2 Å². The number of pyridine rings is 1. The van der Waals surface area contributed by atoms with Crippen LogP contribution in [-0.2, 0) is 6.54 Å². The number of nitrogens with one attached hydrogen (secondary N) is 1. The van der Waals surface area contributed by atoms with Crippen molar-refractivity contribution in [2.75, 3.05) is 37.0 Å². The largest absolute Gasteiger partial charge is 0.359 e. The molecular formula is C13H23N3S. The average Bonchev–Trinajstić information content (AvgIpc) is 2.32. The molecule has 4 heteroatoms. The predicted octanol–water partition coefficient (Wildman–Crippen LogP) is 2.30. The van der Waals surface area contributed by atoms with Gasteiger partial charge in [0.05, 0.1) is 0 Å². The molecular weight excluding hydrogens is 230 g/mol. The fraction of sp³-hybridized carbons (Fsp3) is 0.615. The number of hydrogen-bond acceptors (Lipinski definition) is 4. The van der Waals surface area contributed by atoms with Crippen molar-refractivity contribution in [3.63, 3.8) is 0 Å². The standard InChI is InChI=1S/C13H23N3S/c1-5-14-10-12-8-11(2)15-13(9-12)16(3)6-7-17-4/h8-9,14H,5-7,10H2,1-4H3. The zero-order valence-corrected chi connectivity index (χ0v) is 12.1. The molecule has 1 aromatic rings. The third-order valence-corrected chi connectivity index (χ3v) is 3.19. The molecule has 0 spiro atoms. The Balaban J connectivity index is 2.73. The highest BCUT2D eigenvalue weighted by molar-refractivity contribution is 7.98. The number of aromatic nitrogens is 1. The second kappa shape index (κ2) is 7.56. The number of hydrogen-bond donors (Lipinski definition) is 1. The molecule has 1 aromatic heterocycles. The molecule has 3 nitrogen and oxygen atoms in total. The summed E-state index contributed by atoms with van der Waals surface area (Å²) in [5, 5.41) is 3.35. The van der Waals surface area contributed by atoms with Crippen molar-refractivity contribution in [2.24, 2.45) is 0 Å². The van der Waals surface area contributed by atoms with E-state index < -0.39 is 0 Å². The van der Waals surface area contributed by atoms with Gasteiger partial charge in [-0.25, -0.2) is 4.98 Å². The van der Waals surface area contributed by atoms with E-state index in [0.717, 1.165) is 36.9 Å². The van der Waals surface area contributed by atoms with Crippen LogP contribution in [0.3, 0.4) is 0 Å². The minimum atomic E-state index is 0.920. The SMILES string of the molecule is CCNCc1cc(C)nc(N(C)CCSC)c1. The maximum Gasteiger partial charge on any atom is 0.128 e. The zero-order chi connectivity index (χ0) is 12.7. The lowest BCUT2D eigenvalue weighted by Gasteiger charge is -2.19. The maximum absolute atomic E-state index is 4.58. The number of nitrogens with zero attached hydrogens (tertiary/aromatic N) is 2. The van der Waals surface area contributed by atoms with Crippen molar-refractivity contribution < 1.29 is 0 Å². The van der Waals surface area contributed by atoms with Gasteiger partial charge in [0.15, 0.2) is 0 Å². The van der Waals surface area contributed by atoms with Crippen LogP contribution in [0.15, 0.2) is 12.1 Å². The van der Waals surface area contributed by atoms with Crippen molar-refractivity contribution in [1.29, 1.82) is 0 Å². The average molecular weight is 253 g/mol. The van der Waals surface area contributed by atoms with E-state index in [0.29, 0.717) is 0 Å². The molecule has 0 saturated carbocycles. The van der Waals surface area contributed by atoms with E-state index in [1.807, 2.05) is 11.8 Å². The quantitative estimate of drug-likeness (QED) is 0.807. The summed E-state index contributed by atoms with van der Waals surface area (Å²) >= 11 is 1.87. The topological polar surface area (TPSA) is 28.2 Å². The lowest BCUT2D eigenvalue weighted by Crippen LogP contribution is -2.22. The highest BCUT2D eigenvalue weighted by Gasteiger charge is 2.04. The first-order valence-corrected chi connectivity index (χ1v) is 7.45. The molecule has 96 valence electrons. The van der Waals surface area contributed by atoms with E-state index in [4.69, 9.17) is 0 Å². The van der Waals surface area contributed by atoms with Crippen LogP contribution in [0.1, 0.15) is 18.2 Å². The fourth-order valence-electron chi connectivity index (χ4n) is 1.63. The second-order valence-electron chi connectivity index (χ2n) is 4.17. The first kappa shape index (κ1) is 14.3. The summed E-state index contributed by atoms with van der Waals surface area (Å²) in [7, 11) is 2.11. The van der Waals surface area contributed by atoms with Gasteiger partial charge in [-0.1, -0.05) is 6.92 Å². The Labute approximate surface area is 109 Å². The Bertz CT molecular complexity index is 341. The van der Waals surface area contributed by atoms with Crippen LogP contribution in [0.5, 0.6) is 0 Å². The first-order valence-electron chi connectivity index (χ1n) is 6.05. The number of anilines is 1. The minimum Gasteiger partial charge on any atom is -0.359 e. The monoisotopic (exact) mass is 253 g/mol. The molecule has 1 rings (SSSR count). The zero-order valence-electron chi connectivity index (χ0n) is 11.3. The van der Waals surface area contributed by atoms with Crippen molar-refractivity contribution in [3.8, 4) is 0 Å². The normalized spacial score (nSPS) is 10.6. The molecule has 0 aromatic carbocycles. The van der Waals surface area contributed by atoms with E-state index in [-0.39, 0.29) is 0 Å². The molecule has 0 bridgehead atoms. The van der Waals surface area contributed by atoms with Crippen molar-refractivity contribution in [3.05, 3.63) is 23.4 Å². The third-order valence-electron chi connectivity index (χ3n) is 2.60. The molecule has 0 atom stereocenters. The number of aryl methyl sites for hydroxylation is 1. The van der Waals surface area contributed by atoms with Crippen LogP contribution in [-0.4, -0.2) is 37.1 Å². The highest BCUT2D eigenvalue weighted by atomic mass is 32.2. The summed E-state index contributed by atoms with van der Waals surface area (Å²) < 4.78 is 0. The van der Waals surface area contributed by atoms with Gasteiger partial charge in [-0.2, -0.15) is 11.8 Å². The summed E-state index contributed by atoms with van der Waals surface area (Å²) in [5.41, 5.74) is 2.40. The second-order valence-corrected chi connectivity index (χ2v) is 5.16. The van der Waals surface area contributed by atoms with Crippen molar-refractivity contribution in [1.82, 2.24) is 10.3 Å². The fourth-order valence-corrected chi connectivity index (χ4v) is 2.09.